The lowest BCUT2D eigenvalue weighted by molar-refractivity contribution is 0.317. The highest BCUT2D eigenvalue weighted by Gasteiger charge is 2.20. The third-order valence-electron chi connectivity index (χ3n) is 4.58. The molecule has 1 atom stereocenters. The first-order valence-electron chi connectivity index (χ1n) is 8.42. The van der Waals surface area contributed by atoms with Gasteiger partial charge in [0.15, 0.2) is 0 Å². The van der Waals surface area contributed by atoms with E-state index in [-0.39, 0.29) is 5.92 Å². The second kappa shape index (κ2) is 7.75. The largest absolute Gasteiger partial charge is 0.411 e. The van der Waals surface area contributed by atoms with Crippen molar-refractivity contribution in [2.24, 2.45) is 5.16 Å². The highest BCUT2D eigenvalue weighted by molar-refractivity contribution is 6.00. The summed E-state index contributed by atoms with van der Waals surface area (Å²) in [4.78, 5) is 4.04. The van der Waals surface area contributed by atoms with E-state index in [4.69, 9.17) is 0 Å². The minimum Gasteiger partial charge on any atom is -0.411 e. The molecule has 0 radical (unpaired) electrons. The van der Waals surface area contributed by atoms with Crippen LogP contribution in [-0.4, -0.2) is 15.9 Å². The summed E-state index contributed by atoms with van der Waals surface area (Å²) in [5, 5.41) is 13.2. The molecular formula is C22H22N2O. The Bertz CT molecular complexity index is 855. The molecule has 1 N–H and O–H groups in total. The maximum atomic E-state index is 9.60. The second-order valence-corrected chi connectivity index (χ2v) is 6.31. The normalized spacial score (nSPS) is 12.8. The van der Waals surface area contributed by atoms with Crippen LogP contribution in [0.2, 0.25) is 0 Å². The molecule has 0 saturated carbocycles. The van der Waals surface area contributed by atoms with Gasteiger partial charge in [-0.25, -0.2) is 0 Å². The van der Waals surface area contributed by atoms with Gasteiger partial charge < -0.3 is 5.21 Å². The lowest BCUT2D eigenvalue weighted by Crippen LogP contribution is -2.11. The molecule has 1 unspecified atom stereocenters. The molecule has 0 aliphatic heterocycles. The number of aromatic nitrogens is 1. The van der Waals surface area contributed by atoms with Crippen molar-refractivity contribution in [3.05, 3.63) is 101 Å². The van der Waals surface area contributed by atoms with Gasteiger partial charge >= 0.3 is 0 Å². The molecule has 25 heavy (non-hydrogen) atoms. The van der Waals surface area contributed by atoms with Gasteiger partial charge in [0, 0.05) is 30.3 Å². The molecule has 0 spiro atoms. The molecule has 1 heterocycles. The van der Waals surface area contributed by atoms with Crippen molar-refractivity contribution in [2.75, 3.05) is 0 Å². The van der Waals surface area contributed by atoms with Gasteiger partial charge in [-0.3, -0.25) is 4.98 Å². The molecule has 0 fully saturated rings. The zero-order valence-corrected chi connectivity index (χ0v) is 14.6. The number of oxime groups is 1. The van der Waals surface area contributed by atoms with Crippen molar-refractivity contribution in [3.8, 4) is 0 Å². The second-order valence-electron chi connectivity index (χ2n) is 6.31. The van der Waals surface area contributed by atoms with Crippen molar-refractivity contribution in [1.82, 2.24) is 4.98 Å². The zero-order chi connectivity index (χ0) is 17.6. The fourth-order valence-corrected chi connectivity index (χ4v) is 3.14. The average Bonchev–Trinajstić information content (AvgIpc) is 2.65. The summed E-state index contributed by atoms with van der Waals surface area (Å²) in [6.45, 7) is 4.21. The molecule has 1 aromatic heterocycles. The van der Waals surface area contributed by atoms with Crippen LogP contribution >= 0.6 is 0 Å². The molecule has 3 heteroatoms. The van der Waals surface area contributed by atoms with Gasteiger partial charge in [0.1, 0.15) is 0 Å². The van der Waals surface area contributed by atoms with E-state index < -0.39 is 0 Å². The Kier molecular flexibility index (Phi) is 5.24. The number of rotatable bonds is 5. The molecule has 2 aromatic carbocycles. The summed E-state index contributed by atoms with van der Waals surface area (Å²) in [5.74, 6) is 0.126. The van der Waals surface area contributed by atoms with Crippen molar-refractivity contribution < 1.29 is 5.21 Å². The van der Waals surface area contributed by atoms with E-state index in [0.717, 1.165) is 5.56 Å². The zero-order valence-electron chi connectivity index (χ0n) is 14.6. The van der Waals surface area contributed by atoms with Crippen molar-refractivity contribution >= 4 is 5.71 Å². The summed E-state index contributed by atoms with van der Waals surface area (Å²) in [5.41, 5.74) is 6.49. The van der Waals surface area contributed by atoms with E-state index in [1.165, 1.54) is 22.3 Å². The molecule has 0 aliphatic carbocycles. The molecule has 3 nitrogen and oxygen atoms in total. The van der Waals surface area contributed by atoms with Crippen LogP contribution in [0.5, 0.6) is 0 Å². The third kappa shape index (κ3) is 3.94. The summed E-state index contributed by atoms with van der Waals surface area (Å²) in [6.07, 6.45) is 4.05. The predicted molar refractivity (Wildman–Crippen MR) is 101 cm³/mol. The molecule has 3 rings (SSSR count). The molecule has 0 saturated heterocycles. The van der Waals surface area contributed by atoms with E-state index >= 15 is 0 Å². The van der Waals surface area contributed by atoms with Crippen LogP contribution < -0.4 is 0 Å². The van der Waals surface area contributed by atoms with Crippen LogP contribution in [0.15, 0.2) is 78.2 Å². The Morgan fingerprint density at radius 3 is 2.28 bits per heavy atom. The summed E-state index contributed by atoms with van der Waals surface area (Å²) in [6, 6.07) is 20.7. The fraction of sp³-hybridized carbons (Fsp3) is 0.182. The van der Waals surface area contributed by atoms with E-state index in [2.05, 4.69) is 72.5 Å². The number of aryl methyl sites for hydroxylation is 2. The predicted octanol–water partition coefficient (Wildman–Crippen LogP) is 5.10. The number of hydrogen-bond acceptors (Lipinski definition) is 3. The standard InChI is InChI=1S/C22H22N2O/c1-16-7-9-18(10-8-16)21(20-6-4-3-5-17(20)2)15-22(24-25)19-11-13-23-14-12-19/h3-14,21,25H,15H2,1-2H3/b24-22+. The van der Waals surface area contributed by atoms with Crippen molar-refractivity contribution in [3.63, 3.8) is 0 Å². The highest BCUT2D eigenvalue weighted by Crippen LogP contribution is 2.32. The van der Waals surface area contributed by atoms with Gasteiger partial charge in [0.2, 0.25) is 0 Å². The van der Waals surface area contributed by atoms with E-state index in [9.17, 15) is 5.21 Å². The van der Waals surface area contributed by atoms with Crippen LogP contribution in [0, 0.1) is 13.8 Å². The Hall–Kier alpha value is -2.94. The molecule has 0 amide bonds. The SMILES string of the molecule is Cc1ccc(C(C/C(=N\O)c2ccncc2)c2ccccc2C)cc1. The summed E-state index contributed by atoms with van der Waals surface area (Å²) >= 11 is 0. The Labute approximate surface area is 148 Å². The van der Waals surface area contributed by atoms with Gasteiger partial charge in [-0.15, -0.1) is 0 Å². The Morgan fingerprint density at radius 1 is 0.960 bits per heavy atom. The van der Waals surface area contributed by atoms with Crippen LogP contribution in [0.3, 0.4) is 0 Å². The molecule has 0 aliphatic rings. The van der Waals surface area contributed by atoms with Crippen LogP contribution in [-0.2, 0) is 0 Å². The minimum atomic E-state index is 0.126. The highest BCUT2D eigenvalue weighted by atomic mass is 16.4. The molecule has 0 bridgehead atoms. The van der Waals surface area contributed by atoms with Gasteiger partial charge in [-0.1, -0.05) is 59.3 Å². The summed E-state index contributed by atoms with van der Waals surface area (Å²) < 4.78 is 0. The lowest BCUT2D eigenvalue weighted by atomic mass is 9.83. The molecular weight excluding hydrogens is 308 g/mol. The first-order chi connectivity index (χ1) is 12.2. The minimum absolute atomic E-state index is 0.126. The van der Waals surface area contributed by atoms with E-state index in [1.54, 1.807) is 12.4 Å². The fourth-order valence-electron chi connectivity index (χ4n) is 3.14. The monoisotopic (exact) mass is 330 g/mol. The lowest BCUT2D eigenvalue weighted by Gasteiger charge is -2.21. The maximum absolute atomic E-state index is 9.60. The third-order valence-corrected chi connectivity index (χ3v) is 4.58. The van der Waals surface area contributed by atoms with Crippen LogP contribution in [0.4, 0.5) is 0 Å². The van der Waals surface area contributed by atoms with E-state index in [0.29, 0.717) is 12.1 Å². The first kappa shape index (κ1) is 16.9. The van der Waals surface area contributed by atoms with Crippen LogP contribution in [0.25, 0.3) is 0 Å². The average molecular weight is 330 g/mol. The first-order valence-corrected chi connectivity index (χ1v) is 8.42. The van der Waals surface area contributed by atoms with Gasteiger partial charge in [0.05, 0.1) is 5.71 Å². The maximum Gasteiger partial charge on any atom is 0.0878 e. The number of hydrogen-bond donors (Lipinski definition) is 1. The topological polar surface area (TPSA) is 45.5 Å². The van der Waals surface area contributed by atoms with Gasteiger partial charge in [-0.05, 0) is 42.7 Å². The Balaban J connectivity index is 2.02. The number of benzene rings is 2. The number of pyridine rings is 1. The van der Waals surface area contributed by atoms with Crippen LogP contribution in [0.1, 0.15) is 40.2 Å². The van der Waals surface area contributed by atoms with Gasteiger partial charge in [0.25, 0.3) is 0 Å². The van der Waals surface area contributed by atoms with Gasteiger partial charge in [-0.2, -0.15) is 0 Å². The quantitative estimate of drug-likeness (QED) is 0.402. The molecule has 126 valence electrons. The van der Waals surface area contributed by atoms with Crippen molar-refractivity contribution in [1.29, 1.82) is 0 Å². The van der Waals surface area contributed by atoms with E-state index in [1.807, 2.05) is 12.1 Å². The number of nitrogens with zero attached hydrogens (tertiary/aromatic N) is 2. The smallest absolute Gasteiger partial charge is 0.0878 e. The van der Waals surface area contributed by atoms with Crippen molar-refractivity contribution in [2.45, 2.75) is 26.2 Å². The molecule has 3 aromatic rings. The summed E-state index contributed by atoms with van der Waals surface area (Å²) in [7, 11) is 0. The Morgan fingerprint density at radius 2 is 1.64 bits per heavy atom.